The molecule has 2 heterocycles. The predicted molar refractivity (Wildman–Crippen MR) is 59.3 cm³/mol. The van der Waals surface area contributed by atoms with Gasteiger partial charge in [-0.15, -0.1) is 0 Å². The molecule has 1 aliphatic heterocycles. The van der Waals surface area contributed by atoms with Crippen LogP contribution in [0.4, 0.5) is 8.78 Å². The standard InChI is InChI=1S/C10H12F2N2O6/c11-10(12)6(18)9(3-15,4-16)20-7(10)14-2-1-5(17)13-8(14)19/h1-2,6-7,15-16,18H,3-4H2,(H,13,17,19)/t6-,7-/m1/s1. The normalized spacial score (nSPS) is 27.6. The summed E-state index contributed by atoms with van der Waals surface area (Å²) >= 11 is 0. The van der Waals surface area contributed by atoms with E-state index in [2.05, 4.69) is 0 Å². The zero-order valence-electron chi connectivity index (χ0n) is 9.99. The minimum absolute atomic E-state index is 0.373. The highest BCUT2D eigenvalue weighted by atomic mass is 19.3. The molecule has 0 bridgehead atoms. The molecule has 4 N–H and O–H groups in total. The molecule has 0 unspecified atom stereocenters. The van der Waals surface area contributed by atoms with Gasteiger partial charge in [0.05, 0.1) is 13.2 Å². The van der Waals surface area contributed by atoms with Crippen molar-refractivity contribution in [2.24, 2.45) is 0 Å². The molecule has 20 heavy (non-hydrogen) atoms. The van der Waals surface area contributed by atoms with E-state index in [1.165, 1.54) is 0 Å². The van der Waals surface area contributed by atoms with Gasteiger partial charge in [0.1, 0.15) is 5.60 Å². The molecule has 0 aliphatic carbocycles. The Morgan fingerprint density at radius 2 is 1.95 bits per heavy atom. The Kier molecular flexibility index (Phi) is 3.50. The lowest BCUT2D eigenvalue weighted by atomic mass is 9.96. The van der Waals surface area contributed by atoms with Crippen LogP contribution in [0.25, 0.3) is 0 Å². The molecule has 1 saturated heterocycles. The van der Waals surface area contributed by atoms with Crippen LogP contribution in [0.3, 0.4) is 0 Å². The largest absolute Gasteiger partial charge is 0.393 e. The minimum atomic E-state index is -3.95. The van der Waals surface area contributed by atoms with Crippen LogP contribution in [0, 0.1) is 0 Å². The zero-order valence-corrected chi connectivity index (χ0v) is 9.99. The number of aromatic amines is 1. The highest BCUT2D eigenvalue weighted by molar-refractivity contribution is 5.06. The second kappa shape index (κ2) is 4.74. The van der Waals surface area contributed by atoms with Gasteiger partial charge in [-0.2, -0.15) is 8.78 Å². The lowest BCUT2D eigenvalue weighted by molar-refractivity contribution is -0.154. The number of rotatable bonds is 3. The van der Waals surface area contributed by atoms with Crippen LogP contribution in [-0.2, 0) is 4.74 Å². The Morgan fingerprint density at radius 1 is 1.35 bits per heavy atom. The van der Waals surface area contributed by atoms with Gasteiger partial charge in [0, 0.05) is 12.3 Å². The lowest BCUT2D eigenvalue weighted by Crippen LogP contribution is -2.51. The molecular formula is C10H12F2N2O6. The van der Waals surface area contributed by atoms with Crippen LogP contribution in [0.5, 0.6) is 0 Å². The van der Waals surface area contributed by atoms with Gasteiger partial charge >= 0.3 is 11.6 Å². The number of H-pyrrole nitrogens is 1. The number of alkyl halides is 2. The quantitative estimate of drug-likeness (QED) is 0.501. The van der Waals surface area contributed by atoms with E-state index >= 15 is 0 Å². The Hall–Kier alpha value is -1.62. The van der Waals surface area contributed by atoms with Crippen LogP contribution >= 0.6 is 0 Å². The average molecular weight is 294 g/mol. The molecule has 0 radical (unpaired) electrons. The number of aromatic nitrogens is 2. The molecule has 0 aromatic carbocycles. The van der Waals surface area contributed by atoms with Gasteiger partial charge in [-0.1, -0.05) is 0 Å². The van der Waals surface area contributed by atoms with Gasteiger partial charge in [0.15, 0.2) is 6.10 Å². The minimum Gasteiger partial charge on any atom is -0.393 e. The van der Waals surface area contributed by atoms with Crippen LogP contribution in [0.2, 0.25) is 0 Å². The Balaban J connectivity index is 2.52. The monoisotopic (exact) mass is 294 g/mol. The summed E-state index contributed by atoms with van der Waals surface area (Å²) in [6, 6.07) is 0.825. The summed E-state index contributed by atoms with van der Waals surface area (Å²) in [5, 5.41) is 27.7. The SMILES string of the molecule is O=c1ccn([C@@H]2OC(CO)(CO)[C@@H](O)C2(F)F)c(=O)[nH]1. The van der Waals surface area contributed by atoms with Gasteiger partial charge < -0.3 is 20.1 Å². The van der Waals surface area contributed by atoms with Crippen molar-refractivity contribution in [1.82, 2.24) is 9.55 Å². The maximum atomic E-state index is 14.0. The summed E-state index contributed by atoms with van der Waals surface area (Å²) in [4.78, 5) is 24.2. The third kappa shape index (κ3) is 1.97. The maximum absolute atomic E-state index is 14.0. The smallest absolute Gasteiger partial charge is 0.330 e. The summed E-state index contributed by atoms with van der Waals surface area (Å²) in [5.74, 6) is -3.95. The summed E-state index contributed by atoms with van der Waals surface area (Å²) in [7, 11) is 0. The number of halogens is 2. The molecule has 1 aliphatic rings. The number of aliphatic hydroxyl groups is 3. The van der Waals surface area contributed by atoms with Gasteiger partial charge in [0.25, 0.3) is 5.56 Å². The first-order chi connectivity index (χ1) is 9.28. The molecule has 0 saturated carbocycles. The molecule has 0 spiro atoms. The second-order valence-corrected chi connectivity index (χ2v) is 4.45. The summed E-state index contributed by atoms with van der Waals surface area (Å²) in [6.45, 7) is -2.15. The lowest BCUT2D eigenvalue weighted by Gasteiger charge is -2.26. The number of hydrogen-bond donors (Lipinski definition) is 4. The van der Waals surface area contributed by atoms with Crippen LogP contribution in [0.15, 0.2) is 21.9 Å². The summed E-state index contributed by atoms with van der Waals surface area (Å²) in [6.07, 6.45) is -4.01. The van der Waals surface area contributed by atoms with Crippen molar-refractivity contribution in [2.45, 2.75) is 23.9 Å². The highest BCUT2D eigenvalue weighted by Crippen LogP contribution is 2.47. The fraction of sp³-hybridized carbons (Fsp3) is 0.600. The highest BCUT2D eigenvalue weighted by Gasteiger charge is 2.66. The second-order valence-electron chi connectivity index (χ2n) is 4.45. The van der Waals surface area contributed by atoms with E-state index in [0.717, 1.165) is 12.3 Å². The zero-order chi connectivity index (χ0) is 15.1. The average Bonchev–Trinajstić information content (AvgIpc) is 2.60. The van der Waals surface area contributed by atoms with Crippen molar-refractivity contribution < 1.29 is 28.8 Å². The Bertz CT molecular complexity index is 608. The fourth-order valence-corrected chi connectivity index (χ4v) is 2.00. The number of nitrogens with zero attached hydrogens (tertiary/aromatic N) is 1. The molecule has 112 valence electrons. The van der Waals surface area contributed by atoms with E-state index in [1.54, 1.807) is 4.98 Å². The molecule has 2 atom stereocenters. The predicted octanol–water partition coefficient (Wildman–Crippen LogP) is -2.22. The summed E-state index contributed by atoms with van der Waals surface area (Å²) < 4.78 is 33.2. The molecule has 1 aromatic heterocycles. The van der Waals surface area contributed by atoms with Crippen molar-refractivity contribution in [3.63, 3.8) is 0 Å². The van der Waals surface area contributed by atoms with E-state index < -0.39 is 48.3 Å². The molecule has 10 heteroatoms. The molecule has 1 fully saturated rings. The number of ether oxygens (including phenoxy) is 1. The van der Waals surface area contributed by atoms with E-state index in [0.29, 0.717) is 4.57 Å². The van der Waals surface area contributed by atoms with Gasteiger partial charge in [-0.3, -0.25) is 14.3 Å². The number of nitrogens with one attached hydrogen (secondary N) is 1. The van der Waals surface area contributed by atoms with Crippen molar-refractivity contribution in [1.29, 1.82) is 0 Å². The maximum Gasteiger partial charge on any atom is 0.330 e. The topological polar surface area (TPSA) is 125 Å². The molecular weight excluding hydrogens is 282 g/mol. The third-order valence-corrected chi connectivity index (χ3v) is 3.18. The van der Waals surface area contributed by atoms with E-state index in [1.807, 2.05) is 0 Å². The number of aliphatic hydroxyl groups excluding tert-OH is 3. The molecule has 8 nitrogen and oxygen atoms in total. The van der Waals surface area contributed by atoms with Crippen molar-refractivity contribution in [3.8, 4) is 0 Å². The van der Waals surface area contributed by atoms with Gasteiger partial charge in [-0.25, -0.2) is 4.79 Å². The van der Waals surface area contributed by atoms with Crippen LogP contribution < -0.4 is 11.2 Å². The first kappa shape index (κ1) is 14.8. The van der Waals surface area contributed by atoms with Crippen molar-refractivity contribution in [2.75, 3.05) is 13.2 Å². The Morgan fingerprint density at radius 3 is 2.40 bits per heavy atom. The summed E-state index contributed by atoms with van der Waals surface area (Å²) in [5.41, 5.74) is -4.26. The van der Waals surface area contributed by atoms with Gasteiger partial charge in [0.2, 0.25) is 6.23 Å². The van der Waals surface area contributed by atoms with Gasteiger partial charge in [-0.05, 0) is 0 Å². The third-order valence-electron chi connectivity index (χ3n) is 3.18. The van der Waals surface area contributed by atoms with E-state index in [-0.39, 0.29) is 0 Å². The van der Waals surface area contributed by atoms with Crippen molar-refractivity contribution >= 4 is 0 Å². The fourth-order valence-electron chi connectivity index (χ4n) is 2.00. The number of hydrogen-bond acceptors (Lipinski definition) is 6. The van der Waals surface area contributed by atoms with E-state index in [4.69, 9.17) is 14.9 Å². The van der Waals surface area contributed by atoms with Crippen LogP contribution in [-0.4, -0.2) is 55.7 Å². The first-order valence-electron chi connectivity index (χ1n) is 5.55. The van der Waals surface area contributed by atoms with Crippen molar-refractivity contribution in [3.05, 3.63) is 33.1 Å². The molecule has 1 aromatic rings. The molecule has 2 rings (SSSR count). The first-order valence-corrected chi connectivity index (χ1v) is 5.55. The molecule has 0 amide bonds. The van der Waals surface area contributed by atoms with E-state index in [9.17, 15) is 23.5 Å². The van der Waals surface area contributed by atoms with Crippen LogP contribution in [0.1, 0.15) is 6.23 Å². The Labute approximate surface area is 109 Å².